The van der Waals surface area contributed by atoms with E-state index >= 15 is 0 Å². The van der Waals surface area contributed by atoms with E-state index in [-0.39, 0.29) is 10.7 Å². The highest BCUT2D eigenvalue weighted by atomic mass is 32.1. The van der Waals surface area contributed by atoms with Gasteiger partial charge in [0.15, 0.2) is 12.2 Å². The second-order valence-electron chi connectivity index (χ2n) is 7.12. The molecule has 1 unspecified atom stereocenters. The minimum Gasteiger partial charge on any atom is -0.484 e. The van der Waals surface area contributed by atoms with Crippen molar-refractivity contribution in [1.29, 1.82) is 0 Å². The first kappa shape index (κ1) is 19.6. The minimum atomic E-state index is -1.15. The number of carbonyl (C=O) groups is 1. The van der Waals surface area contributed by atoms with E-state index in [0.29, 0.717) is 25.1 Å². The van der Waals surface area contributed by atoms with Gasteiger partial charge in [-0.1, -0.05) is 31.0 Å². The molecule has 2 rings (SSSR count). The molecule has 3 N–H and O–H groups in total. The fraction of sp³-hybridized carbons (Fsp3) is 0.471. The molecular formula is C17H25N3O3SSi. The van der Waals surface area contributed by atoms with Crippen LogP contribution in [0.3, 0.4) is 0 Å². The number of aromatic nitrogens is 1. The van der Waals surface area contributed by atoms with Gasteiger partial charge in [0, 0.05) is 13.6 Å². The third kappa shape index (κ3) is 5.91. The third-order valence-corrected chi connectivity index (χ3v) is 6.28. The Balaban J connectivity index is 2.06. The highest BCUT2D eigenvalue weighted by Crippen LogP contribution is 2.18. The van der Waals surface area contributed by atoms with Gasteiger partial charge in [-0.2, -0.15) is 0 Å². The summed E-state index contributed by atoms with van der Waals surface area (Å²) >= 11 is 1.09. The lowest BCUT2D eigenvalue weighted by molar-refractivity contribution is 0.0958. The molecule has 1 atom stereocenters. The van der Waals surface area contributed by atoms with Crippen LogP contribution in [0.25, 0.3) is 10.2 Å². The maximum atomic E-state index is 12.7. The fourth-order valence-corrected chi connectivity index (χ4v) is 3.76. The Kier molecular flexibility index (Phi) is 6.69. The van der Waals surface area contributed by atoms with Gasteiger partial charge >= 0.3 is 4.87 Å². The van der Waals surface area contributed by atoms with Gasteiger partial charge in [-0.15, -0.1) is 0 Å². The number of aromatic amines is 1. The van der Waals surface area contributed by atoms with E-state index in [1.807, 2.05) is 0 Å². The number of nitrogens with zero attached hydrogens (tertiary/aromatic N) is 1. The number of thiazole rings is 1. The first-order valence-corrected chi connectivity index (χ1v) is 12.8. The molecule has 0 radical (unpaired) electrons. The fourth-order valence-electron chi connectivity index (χ4n) is 2.26. The first-order chi connectivity index (χ1) is 11.8. The van der Waals surface area contributed by atoms with E-state index in [2.05, 4.69) is 29.6 Å². The number of Topliss-reactive ketones (excluding diaryl/α,β-unsaturated/α-hetero) is 1. The Morgan fingerprint density at radius 2 is 2.20 bits per heavy atom. The second-order valence-corrected chi connectivity index (χ2v) is 13.8. The Bertz CT molecular complexity index is 807. The van der Waals surface area contributed by atoms with Crippen molar-refractivity contribution in [2.75, 3.05) is 13.2 Å². The van der Waals surface area contributed by atoms with Crippen LogP contribution in [0.15, 0.2) is 28.0 Å². The molecule has 0 aliphatic carbocycles. The van der Waals surface area contributed by atoms with Gasteiger partial charge in [-0.05, 0) is 37.2 Å². The summed E-state index contributed by atoms with van der Waals surface area (Å²) in [5, 5.41) is 0. The second kappa shape index (κ2) is 8.55. The van der Waals surface area contributed by atoms with E-state index in [1.165, 1.54) is 6.40 Å². The molecule has 0 aliphatic rings. The molecule has 6 nitrogen and oxygen atoms in total. The van der Waals surface area contributed by atoms with Crippen molar-refractivity contribution in [3.63, 3.8) is 0 Å². The molecule has 1 aromatic carbocycles. The average Bonchev–Trinajstić information content (AvgIpc) is 2.90. The molecule has 1 aromatic heterocycles. The number of H-pyrrole nitrogens is 1. The predicted molar refractivity (Wildman–Crippen MR) is 107 cm³/mol. The van der Waals surface area contributed by atoms with Crippen LogP contribution in [0.1, 0.15) is 16.8 Å². The molecule has 1 heterocycles. The molecule has 0 aliphatic heterocycles. The zero-order chi connectivity index (χ0) is 18.4. The van der Waals surface area contributed by atoms with E-state index in [4.69, 9.17) is 10.5 Å². The van der Waals surface area contributed by atoms with Gasteiger partial charge in [0.25, 0.3) is 0 Å². The summed E-state index contributed by atoms with van der Waals surface area (Å²) in [7, 11) is -1.15. The van der Waals surface area contributed by atoms with E-state index in [9.17, 15) is 9.59 Å². The van der Waals surface area contributed by atoms with Crippen LogP contribution < -0.4 is 10.6 Å². The third-order valence-electron chi connectivity index (χ3n) is 3.73. The number of ketones is 1. The molecule has 136 valence electrons. The van der Waals surface area contributed by atoms with Gasteiger partial charge in [0.2, 0.25) is 0 Å². The number of hydrogen-bond donors (Lipinski definition) is 2. The normalized spacial score (nSPS) is 13.4. The van der Waals surface area contributed by atoms with Crippen LogP contribution >= 0.6 is 11.3 Å². The molecule has 8 heteroatoms. The number of carbonyl (C=O) groups excluding carboxylic acids is 1. The Hall–Kier alpha value is -1.77. The highest BCUT2D eigenvalue weighted by molar-refractivity contribution is 7.16. The summed E-state index contributed by atoms with van der Waals surface area (Å²) in [6, 6.07) is 5.65. The summed E-state index contributed by atoms with van der Waals surface area (Å²) < 4.78 is 6.21. The summed E-state index contributed by atoms with van der Waals surface area (Å²) in [4.78, 5) is 31.0. The Morgan fingerprint density at radius 1 is 1.44 bits per heavy atom. The quantitative estimate of drug-likeness (QED) is 0.230. The number of aliphatic imine (C=N–C) groups is 1. The van der Waals surface area contributed by atoms with Crippen molar-refractivity contribution in [2.24, 2.45) is 10.7 Å². The first-order valence-electron chi connectivity index (χ1n) is 8.30. The molecule has 0 spiro atoms. The average molecular weight is 380 g/mol. The molecule has 0 bridgehead atoms. The zero-order valence-corrected chi connectivity index (χ0v) is 16.7. The van der Waals surface area contributed by atoms with Crippen molar-refractivity contribution < 1.29 is 9.53 Å². The van der Waals surface area contributed by atoms with Crippen LogP contribution in [-0.2, 0) is 4.74 Å². The number of ether oxygens (including phenoxy) is 1. The summed E-state index contributed by atoms with van der Waals surface area (Å²) in [6.07, 6.45) is 1.83. The molecule has 0 fully saturated rings. The topological polar surface area (TPSA) is 97.5 Å². The van der Waals surface area contributed by atoms with Crippen molar-refractivity contribution in [1.82, 2.24) is 4.98 Å². The number of fused-ring (bicyclic) bond motifs is 1. The Morgan fingerprint density at radius 3 is 2.88 bits per heavy atom. The zero-order valence-electron chi connectivity index (χ0n) is 14.9. The molecule has 0 amide bonds. The van der Waals surface area contributed by atoms with Crippen LogP contribution in [-0.4, -0.2) is 44.4 Å². The summed E-state index contributed by atoms with van der Waals surface area (Å²) in [6.45, 7) is 7.81. The molecule has 2 aromatic rings. The van der Waals surface area contributed by atoms with Crippen LogP contribution in [0, 0.1) is 0 Å². The van der Waals surface area contributed by atoms with Gasteiger partial charge < -0.3 is 15.5 Å². The number of nitrogens with two attached hydrogens (primary N) is 1. The van der Waals surface area contributed by atoms with E-state index in [1.54, 1.807) is 18.2 Å². The maximum absolute atomic E-state index is 12.7. The molecule has 0 saturated heterocycles. The lowest BCUT2D eigenvalue weighted by Crippen LogP contribution is -2.23. The number of rotatable bonds is 9. The van der Waals surface area contributed by atoms with E-state index in [0.717, 1.165) is 27.6 Å². The monoisotopic (exact) mass is 379 g/mol. The molecular weight excluding hydrogens is 354 g/mol. The van der Waals surface area contributed by atoms with Gasteiger partial charge in [-0.3, -0.25) is 9.59 Å². The standard InChI is InChI=1S/C17H25N3O3SSi/c1-25(2,3)9-8-23-11-19-14(6-7-18)16(21)12-4-5-13-15(10-12)24-17(22)20-13/h4-5,10-11,14H,6-9,18H2,1-3H3,(H,20,22). The highest BCUT2D eigenvalue weighted by Gasteiger charge is 2.19. The minimum absolute atomic E-state index is 0.113. The van der Waals surface area contributed by atoms with Crippen LogP contribution in [0.2, 0.25) is 25.7 Å². The SMILES string of the molecule is C[Si](C)(C)CCOC=NC(CCN)C(=O)c1ccc2[nH]c(=O)sc2c1. The van der Waals surface area contributed by atoms with Crippen LogP contribution in [0.5, 0.6) is 0 Å². The van der Waals surface area contributed by atoms with Gasteiger partial charge in [0.05, 0.1) is 16.8 Å². The van der Waals surface area contributed by atoms with Crippen LogP contribution in [0.4, 0.5) is 0 Å². The Labute approximate surface area is 152 Å². The van der Waals surface area contributed by atoms with E-state index < -0.39 is 14.1 Å². The lowest BCUT2D eigenvalue weighted by Gasteiger charge is -2.14. The predicted octanol–water partition coefficient (Wildman–Crippen LogP) is 2.87. The summed E-state index contributed by atoms with van der Waals surface area (Å²) in [5.74, 6) is -0.113. The number of nitrogens with one attached hydrogen (secondary N) is 1. The van der Waals surface area contributed by atoms with Crippen molar-refractivity contribution in [2.45, 2.75) is 38.1 Å². The van der Waals surface area contributed by atoms with Gasteiger partial charge in [0.1, 0.15) is 6.04 Å². The summed E-state index contributed by atoms with van der Waals surface area (Å²) in [5.41, 5.74) is 6.89. The molecule has 0 saturated carbocycles. The van der Waals surface area contributed by atoms with Crippen molar-refractivity contribution in [3.05, 3.63) is 33.4 Å². The van der Waals surface area contributed by atoms with Crippen molar-refractivity contribution >= 4 is 41.8 Å². The van der Waals surface area contributed by atoms with Crippen molar-refractivity contribution in [3.8, 4) is 0 Å². The number of hydrogen-bond acceptors (Lipinski definition) is 6. The maximum Gasteiger partial charge on any atom is 0.305 e. The molecule has 25 heavy (non-hydrogen) atoms. The number of benzene rings is 1. The smallest absolute Gasteiger partial charge is 0.305 e. The van der Waals surface area contributed by atoms with Gasteiger partial charge in [-0.25, -0.2) is 4.99 Å². The lowest BCUT2D eigenvalue weighted by atomic mass is 10.0. The largest absolute Gasteiger partial charge is 0.484 e.